The maximum Gasteiger partial charge on any atom is 0.265 e. The summed E-state index contributed by atoms with van der Waals surface area (Å²) in [5.41, 5.74) is 3.40. The Morgan fingerprint density at radius 1 is 1.04 bits per heavy atom. The minimum Gasteiger partial charge on any atom is -0.493 e. The summed E-state index contributed by atoms with van der Waals surface area (Å²) in [5, 5.41) is 2.87. The fourth-order valence-electron chi connectivity index (χ4n) is 2.42. The number of hydrogen-bond acceptors (Lipinski definition) is 4. The van der Waals surface area contributed by atoms with Crippen molar-refractivity contribution in [3.05, 3.63) is 53.1 Å². The first-order chi connectivity index (χ1) is 11.8. The zero-order valence-electron chi connectivity index (χ0n) is 15.2. The van der Waals surface area contributed by atoms with Crippen LogP contribution in [-0.2, 0) is 4.79 Å². The summed E-state index contributed by atoms with van der Waals surface area (Å²) >= 11 is 0. The van der Waals surface area contributed by atoms with Crippen LogP contribution in [-0.4, -0.2) is 24.9 Å². The van der Waals surface area contributed by atoms with Gasteiger partial charge in [0.15, 0.2) is 23.4 Å². The van der Waals surface area contributed by atoms with Gasteiger partial charge < -0.3 is 14.8 Å². The Kier molecular flexibility index (Phi) is 5.80. The summed E-state index contributed by atoms with van der Waals surface area (Å²) in [6.45, 7) is 7.09. The molecule has 2 aromatic rings. The molecule has 0 unspecified atom stereocenters. The van der Waals surface area contributed by atoms with Crippen LogP contribution in [0.15, 0.2) is 36.4 Å². The third-order valence-corrected chi connectivity index (χ3v) is 3.88. The predicted molar refractivity (Wildman–Crippen MR) is 97.6 cm³/mol. The van der Waals surface area contributed by atoms with Crippen molar-refractivity contribution in [2.45, 2.75) is 33.8 Å². The molecule has 0 spiro atoms. The summed E-state index contributed by atoms with van der Waals surface area (Å²) < 4.78 is 11.0. The molecule has 5 nitrogen and oxygen atoms in total. The Morgan fingerprint density at radius 2 is 1.76 bits per heavy atom. The molecule has 5 heteroatoms. The van der Waals surface area contributed by atoms with Crippen LogP contribution < -0.4 is 14.8 Å². The lowest BCUT2D eigenvalue weighted by atomic mass is 10.1. The lowest BCUT2D eigenvalue weighted by Crippen LogP contribution is -2.30. The van der Waals surface area contributed by atoms with E-state index in [2.05, 4.69) is 5.32 Å². The van der Waals surface area contributed by atoms with Crippen molar-refractivity contribution < 1.29 is 19.1 Å². The van der Waals surface area contributed by atoms with Crippen LogP contribution in [0.3, 0.4) is 0 Å². The highest BCUT2D eigenvalue weighted by Crippen LogP contribution is 2.29. The number of rotatable bonds is 6. The molecule has 0 fully saturated rings. The maximum absolute atomic E-state index is 12.4. The van der Waals surface area contributed by atoms with E-state index in [-0.39, 0.29) is 11.7 Å². The SMILES string of the molecule is COc1cc(C(C)=O)ccc1O[C@H](C)C(=O)Nc1ccc(C)cc1C. The van der Waals surface area contributed by atoms with Crippen LogP contribution in [0, 0.1) is 13.8 Å². The smallest absolute Gasteiger partial charge is 0.265 e. The van der Waals surface area contributed by atoms with Crippen molar-refractivity contribution in [3.63, 3.8) is 0 Å². The van der Waals surface area contributed by atoms with E-state index in [9.17, 15) is 9.59 Å². The molecule has 1 N–H and O–H groups in total. The van der Waals surface area contributed by atoms with Crippen molar-refractivity contribution in [1.29, 1.82) is 0 Å². The first-order valence-electron chi connectivity index (χ1n) is 8.05. The van der Waals surface area contributed by atoms with Crippen molar-refractivity contribution >= 4 is 17.4 Å². The van der Waals surface area contributed by atoms with Crippen LogP contribution in [0.4, 0.5) is 5.69 Å². The first-order valence-corrected chi connectivity index (χ1v) is 8.05. The Morgan fingerprint density at radius 3 is 2.36 bits per heavy atom. The van der Waals surface area contributed by atoms with E-state index in [0.29, 0.717) is 17.1 Å². The van der Waals surface area contributed by atoms with E-state index < -0.39 is 6.10 Å². The second-order valence-electron chi connectivity index (χ2n) is 5.99. The molecule has 0 aliphatic heterocycles. The van der Waals surface area contributed by atoms with Crippen molar-refractivity contribution in [2.75, 3.05) is 12.4 Å². The van der Waals surface area contributed by atoms with Gasteiger partial charge in [-0.1, -0.05) is 17.7 Å². The second kappa shape index (κ2) is 7.83. The van der Waals surface area contributed by atoms with Gasteiger partial charge in [-0.25, -0.2) is 0 Å². The number of hydrogen-bond donors (Lipinski definition) is 1. The molecule has 0 radical (unpaired) electrons. The predicted octanol–water partition coefficient (Wildman–Crippen LogP) is 3.92. The fraction of sp³-hybridized carbons (Fsp3) is 0.300. The molecule has 0 bridgehead atoms. The van der Waals surface area contributed by atoms with Gasteiger partial charge in [0.05, 0.1) is 7.11 Å². The van der Waals surface area contributed by atoms with Gasteiger partial charge in [-0.05, 0) is 57.5 Å². The maximum atomic E-state index is 12.4. The van der Waals surface area contributed by atoms with Gasteiger partial charge >= 0.3 is 0 Å². The number of amides is 1. The molecular weight excluding hydrogens is 318 g/mol. The quantitative estimate of drug-likeness (QED) is 0.809. The fourth-order valence-corrected chi connectivity index (χ4v) is 2.42. The Hall–Kier alpha value is -2.82. The Labute approximate surface area is 148 Å². The summed E-state index contributed by atoms with van der Waals surface area (Å²) in [6, 6.07) is 10.7. The number of ether oxygens (including phenoxy) is 2. The molecule has 25 heavy (non-hydrogen) atoms. The molecule has 2 rings (SSSR count). The number of nitrogens with one attached hydrogen (secondary N) is 1. The third kappa shape index (κ3) is 4.59. The molecule has 0 aliphatic rings. The van der Waals surface area contributed by atoms with Crippen molar-refractivity contribution in [1.82, 2.24) is 0 Å². The standard InChI is InChI=1S/C20H23NO4/c1-12-6-8-17(13(2)10-12)21-20(23)15(4)25-18-9-7-16(14(3)22)11-19(18)24-5/h6-11,15H,1-5H3,(H,21,23)/t15-/m1/s1. The normalized spacial score (nSPS) is 11.6. The lowest BCUT2D eigenvalue weighted by Gasteiger charge is -2.18. The number of methoxy groups -OCH3 is 1. The van der Waals surface area contributed by atoms with Crippen molar-refractivity contribution in [2.24, 2.45) is 0 Å². The van der Waals surface area contributed by atoms with Gasteiger partial charge in [-0.15, -0.1) is 0 Å². The zero-order chi connectivity index (χ0) is 18.6. The molecule has 0 saturated heterocycles. The number of benzene rings is 2. The van der Waals surface area contributed by atoms with Gasteiger partial charge in [-0.3, -0.25) is 9.59 Å². The molecule has 1 amide bonds. The highest BCUT2D eigenvalue weighted by Gasteiger charge is 2.18. The summed E-state index contributed by atoms with van der Waals surface area (Å²) in [6.07, 6.45) is -0.724. The highest BCUT2D eigenvalue weighted by atomic mass is 16.5. The summed E-state index contributed by atoms with van der Waals surface area (Å²) in [7, 11) is 1.49. The molecule has 0 aliphatic carbocycles. The van der Waals surface area contributed by atoms with Gasteiger partial charge in [0.25, 0.3) is 5.91 Å². The molecule has 2 aromatic carbocycles. The molecular formula is C20H23NO4. The number of ketones is 1. The van der Waals surface area contributed by atoms with E-state index in [0.717, 1.165) is 16.8 Å². The van der Waals surface area contributed by atoms with Crippen molar-refractivity contribution in [3.8, 4) is 11.5 Å². The average Bonchev–Trinajstić information content (AvgIpc) is 2.57. The van der Waals surface area contributed by atoms with Gasteiger partial charge in [0.1, 0.15) is 0 Å². The highest BCUT2D eigenvalue weighted by molar-refractivity contribution is 5.95. The van der Waals surface area contributed by atoms with Crippen LogP contribution in [0.5, 0.6) is 11.5 Å². The number of aryl methyl sites for hydroxylation is 2. The van der Waals surface area contributed by atoms with E-state index in [4.69, 9.17) is 9.47 Å². The number of carbonyl (C=O) groups excluding carboxylic acids is 2. The van der Waals surface area contributed by atoms with Crippen LogP contribution in [0.25, 0.3) is 0 Å². The third-order valence-electron chi connectivity index (χ3n) is 3.88. The molecule has 1 atom stereocenters. The molecule has 132 valence electrons. The van der Waals surface area contributed by atoms with Gasteiger partial charge in [-0.2, -0.15) is 0 Å². The number of Topliss-reactive ketones (excluding diaryl/α,β-unsaturated/α-hetero) is 1. The molecule has 0 heterocycles. The van der Waals surface area contributed by atoms with Crippen LogP contribution in [0.2, 0.25) is 0 Å². The zero-order valence-corrected chi connectivity index (χ0v) is 15.2. The largest absolute Gasteiger partial charge is 0.493 e. The topological polar surface area (TPSA) is 64.6 Å². The van der Waals surface area contributed by atoms with E-state index >= 15 is 0 Å². The summed E-state index contributed by atoms with van der Waals surface area (Å²) in [4.78, 5) is 23.9. The van der Waals surface area contributed by atoms with Gasteiger partial charge in [0.2, 0.25) is 0 Å². The minimum absolute atomic E-state index is 0.0644. The second-order valence-corrected chi connectivity index (χ2v) is 5.99. The minimum atomic E-state index is -0.724. The van der Waals surface area contributed by atoms with Gasteiger partial charge in [0, 0.05) is 11.3 Å². The number of carbonyl (C=O) groups is 2. The number of anilines is 1. The van der Waals surface area contributed by atoms with E-state index in [1.807, 2.05) is 32.0 Å². The Bertz CT molecular complexity index is 798. The van der Waals surface area contributed by atoms with E-state index in [1.54, 1.807) is 25.1 Å². The average molecular weight is 341 g/mol. The van der Waals surface area contributed by atoms with Crippen LogP contribution >= 0.6 is 0 Å². The Balaban J connectivity index is 2.11. The first kappa shape index (κ1) is 18.5. The van der Waals surface area contributed by atoms with E-state index in [1.165, 1.54) is 14.0 Å². The van der Waals surface area contributed by atoms with Crippen LogP contribution in [0.1, 0.15) is 35.3 Å². The monoisotopic (exact) mass is 341 g/mol. The molecule has 0 saturated carbocycles. The molecule has 0 aromatic heterocycles. The lowest BCUT2D eigenvalue weighted by molar-refractivity contribution is -0.122. The summed E-state index contributed by atoms with van der Waals surface area (Å²) in [5.74, 6) is 0.504.